The molecule has 11 nitrogen and oxygen atoms in total. The molecular formula is C33H46N4O7. The van der Waals surface area contributed by atoms with Crippen molar-refractivity contribution in [1.29, 1.82) is 0 Å². The van der Waals surface area contributed by atoms with E-state index in [1.807, 2.05) is 25.1 Å². The van der Waals surface area contributed by atoms with E-state index in [-0.39, 0.29) is 11.5 Å². The van der Waals surface area contributed by atoms with Crippen LogP contribution in [-0.2, 0) is 16.0 Å². The molecule has 1 unspecified atom stereocenters. The van der Waals surface area contributed by atoms with Crippen molar-refractivity contribution >= 4 is 29.8 Å². The van der Waals surface area contributed by atoms with Crippen molar-refractivity contribution in [2.75, 3.05) is 25.5 Å². The van der Waals surface area contributed by atoms with Gasteiger partial charge in [0.15, 0.2) is 0 Å². The number of benzene rings is 3. The fraction of sp³-hybridized carbons (Fsp3) is 0.333. The van der Waals surface area contributed by atoms with E-state index in [1.54, 1.807) is 36.4 Å². The van der Waals surface area contributed by atoms with Gasteiger partial charge in [-0.3, -0.25) is 14.4 Å². The second-order valence-corrected chi connectivity index (χ2v) is 9.33. The summed E-state index contributed by atoms with van der Waals surface area (Å²) in [5, 5.41) is 19.6. The van der Waals surface area contributed by atoms with Crippen molar-refractivity contribution in [2.45, 2.75) is 51.5 Å². The van der Waals surface area contributed by atoms with Gasteiger partial charge >= 0.3 is 11.9 Å². The second-order valence-electron chi connectivity index (χ2n) is 9.33. The Kier molecular flexibility index (Phi) is 22.4. The smallest absolute Gasteiger partial charge is 0.335 e. The number of aliphatic carboxylic acids is 1. The van der Waals surface area contributed by atoms with E-state index >= 15 is 0 Å². The third-order valence-electron chi connectivity index (χ3n) is 5.71. The topological polar surface area (TPSA) is 208 Å². The van der Waals surface area contributed by atoms with E-state index in [1.165, 1.54) is 24.8 Å². The second kappa shape index (κ2) is 25.0. The highest BCUT2D eigenvalue weighted by molar-refractivity contribution is 5.91. The standard InChI is InChI=1S/C11H13NO2.C8H11N.C8H8O3.C6H14N2O2/c1-2-3-11(14)12-10-6-4-9(8-13)5-7-10;9-7-6-8-4-2-1-3-5-8;1-11-7-4-2-6(3-5-7)8(9)10;7-4-2-1-3-5(8)6(9)10/h4-8H,2-3H2,1H3,(H,12,14);1-5H,6-7,9H2;2-5H,1H3,(H,9,10);5H,1-4,7-8H2,(H,9,10). The lowest BCUT2D eigenvalue weighted by Crippen LogP contribution is -2.29. The first-order valence-electron chi connectivity index (χ1n) is 14.3. The highest BCUT2D eigenvalue weighted by Gasteiger charge is 2.09. The van der Waals surface area contributed by atoms with Crippen molar-refractivity contribution in [3.05, 3.63) is 95.6 Å². The van der Waals surface area contributed by atoms with E-state index in [4.69, 9.17) is 32.2 Å². The number of aromatic carboxylic acids is 1. The van der Waals surface area contributed by atoms with E-state index in [9.17, 15) is 19.2 Å². The summed E-state index contributed by atoms with van der Waals surface area (Å²) in [6, 6.07) is 22.6. The number of carbonyl (C=O) groups excluding carboxylic acids is 2. The molecule has 3 aromatic carbocycles. The maximum atomic E-state index is 11.2. The number of amides is 1. The van der Waals surface area contributed by atoms with Gasteiger partial charge in [0.1, 0.15) is 18.1 Å². The van der Waals surface area contributed by atoms with E-state index in [2.05, 4.69) is 17.4 Å². The van der Waals surface area contributed by atoms with Crippen LogP contribution in [0.4, 0.5) is 5.69 Å². The fourth-order valence-corrected chi connectivity index (χ4v) is 3.27. The molecule has 3 rings (SSSR count). The Labute approximate surface area is 259 Å². The molecule has 0 bridgehead atoms. The molecule has 0 heterocycles. The van der Waals surface area contributed by atoms with Gasteiger partial charge in [0.05, 0.1) is 12.7 Å². The number of anilines is 1. The summed E-state index contributed by atoms with van der Waals surface area (Å²) in [6.07, 6.45) is 5.28. The average molecular weight is 611 g/mol. The van der Waals surface area contributed by atoms with Crippen LogP contribution in [0.15, 0.2) is 78.9 Å². The molecule has 240 valence electrons. The van der Waals surface area contributed by atoms with Gasteiger partial charge in [-0.2, -0.15) is 0 Å². The number of ether oxygens (including phenoxy) is 1. The number of nitrogens with two attached hydrogens (primary N) is 3. The highest BCUT2D eigenvalue weighted by Crippen LogP contribution is 2.11. The number of carboxylic acids is 2. The van der Waals surface area contributed by atoms with Gasteiger partial charge in [-0.1, -0.05) is 43.7 Å². The summed E-state index contributed by atoms with van der Waals surface area (Å²) >= 11 is 0. The van der Waals surface area contributed by atoms with E-state index in [0.717, 1.165) is 44.2 Å². The van der Waals surface area contributed by atoms with Crippen LogP contribution in [0.2, 0.25) is 0 Å². The molecule has 0 aromatic heterocycles. The Hall–Kier alpha value is -4.58. The molecular weight excluding hydrogens is 564 g/mol. The zero-order valence-corrected chi connectivity index (χ0v) is 25.5. The molecule has 3 aromatic rings. The molecule has 44 heavy (non-hydrogen) atoms. The number of unbranched alkanes of at least 4 members (excludes halogenated alkanes) is 1. The molecule has 9 N–H and O–H groups in total. The summed E-state index contributed by atoms with van der Waals surface area (Å²) < 4.78 is 4.86. The minimum absolute atomic E-state index is 0.00588. The van der Waals surface area contributed by atoms with Crippen LogP contribution < -0.4 is 27.3 Å². The molecule has 0 aliphatic heterocycles. The fourth-order valence-electron chi connectivity index (χ4n) is 3.27. The Morgan fingerprint density at radius 1 is 0.886 bits per heavy atom. The van der Waals surface area contributed by atoms with Gasteiger partial charge in [-0.05, 0) is 92.9 Å². The van der Waals surface area contributed by atoms with Crippen molar-refractivity contribution in [3.63, 3.8) is 0 Å². The normalized spacial score (nSPS) is 10.2. The van der Waals surface area contributed by atoms with Crippen LogP contribution >= 0.6 is 0 Å². The van der Waals surface area contributed by atoms with Crippen LogP contribution in [0.3, 0.4) is 0 Å². The summed E-state index contributed by atoms with van der Waals surface area (Å²) in [6.45, 7) is 3.30. The molecule has 0 aliphatic carbocycles. The number of carboxylic acid groups (broad SMARTS) is 2. The maximum Gasteiger partial charge on any atom is 0.335 e. The van der Waals surface area contributed by atoms with Crippen LogP contribution in [0.1, 0.15) is 65.3 Å². The number of methoxy groups -OCH3 is 1. The summed E-state index contributed by atoms with van der Waals surface area (Å²) in [5.41, 5.74) is 18.7. The van der Waals surface area contributed by atoms with Gasteiger partial charge in [0.2, 0.25) is 5.91 Å². The van der Waals surface area contributed by atoms with Crippen molar-refractivity contribution in [3.8, 4) is 5.75 Å². The van der Waals surface area contributed by atoms with Gasteiger partial charge in [0.25, 0.3) is 0 Å². The van der Waals surface area contributed by atoms with Crippen LogP contribution in [0.5, 0.6) is 5.75 Å². The minimum Gasteiger partial charge on any atom is -0.497 e. The zero-order chi connectivity index (χ0) is 33.2. The molecule has 0 saturated heterocycles. The van der Waals surface area contributed by atoms with Crippen molar-refractivity contribution in [2.24, 2.45) is 17.2 Å². The molecule has 0 saturated carbocycles. The first kappa shape index (κ1) is 39.4. The lowest BCUT2D eigenvalue weighted by atomic mass is 10.1. The van der Waals surface area contributed by atoms with Crippen LogP contribution in [0, 0.1) is 0 Å². The molecule has 0 fully saturated rings. The zero-order valence-electron chi connectivity index (χ0n) is 25.5. The van der Waals surface area contributed by atoms with Crippen LogP contribution in [0.25, 0.3) is 0 Å². The predicted molar refractivity (Wildman–Crippen MR) is 173 cm³/mol. The van der Waals surface area contributed by atoms with E-state index < -0.39 is 18.0 Å². The van der Waals surface area contributed by atoms with Crippen molar-refractivity contribution < 1.29 is 34.1 Å². The van der Waals surface area contributed by atoms with Gasteiger partial charge < -0.3 is 37.5 Å². The lowest BCUT2D eigenvalue weighted by Gasteiger charge is -2.03. The number of carbonyl (C=O) groups is 4. The number of nitrogens with one attached hydrogen (secondary N) is 1. The first-order valence-corrected chi connectivity index (χ1v) is 14.3. The predicted octanol–water partition coefficient (Wildman–Crippen LogP) is 4.35. The number of aldehydes is 1. The molecule has 0 radical (unpaired) electrons. The summed E-state index contributed by atoms with van der Waals surface area (Å²) in [7, 11) is 1.54. The quantitative estimate of drug-likeness (QED) is 0.119. The van der Waals surface area contributed by atoms with Gasteiger partial charge in [0, 0.05) is 17.7 Å². The Morgan fingerprint density at radius 3 is 1.95 bits per heavy atom. The molecule has 0 spiro atoms. The lowest BCUT2D eigenvalue weighted by molar-refractivity contribution is -0.138. The van der Waals surface area contributed by atoms with Gasteiger partial charge in [-0.15, -0.1) is 0 Å². The number of rotatable bonds is 13. The largest absolute Gasteiger partial charge is 0.497 e. The van der Waals surface area contributed by atoms with Gasteiger partial charge in [-0.25, -0.2) is 4.79 Å². The minimum atomic E-state index is -0.933. The average Bonchev–Trinajstić information content (AvgIpc) is 3.03. The molecule has 1 amide bonds. The third kappa shape index (κ3) is 19.5. The van der Waals surface area contributed by atoms with Crippen molar-refractivity contribution in [1.82, 2.24) is 0 Å². The monoisotopic (exact) mass is 610 g/mol. The number of hydrogen-bond acceptors (Lipinski definition) is 8. The Morgan fingerprint density at radius 2 is 1.50 bits per heavy atom. The molecule has 11 heteroatoms. The molecule has 0 aliphatic rings. The molecule has 1 atom stereocenters. The number of hydrogen-bond donors (Lipinski definition) is 6. The Balaban J connectivity index is 0.000000568. The first-order chi connectivity index (χ1) is 21.1. The maximum absolute atomic E-state index is 11.2. The highest BCUT2D eigenvalue weighted by atomic mass is 16.5. The van der Waals surface area contributed by atoms with E-state index in [0.29, 0.717) is 30.7 Å². The Bertz CT molecular complexity index is 1210. The summed E-state index contributed by atoms with van der Waals surface area (Å²) in [4.78, 5) is 42.0. The third-order valence-corrected chi connectivity index (χ3v) is 5.71. The SMILES string of the molecule is CCCC(=O)Nc1ccc(C=O)cc1.COc1ccc(C(=O)O)cc1.NCCCCC(N)C(=O)O.NCCc1ccccc1. The summed E-state index contributed by atoms with van der Waals surface area (Å²) in [5.74, 6) is -1.19. The van der Waals surface area contributed by atoms with Crippen LogP contribution in [-0.4, -0.2) is 60.6 Å².